The minimum atomic E-state index is -0.415. The van der Waals surface area contributed by atoms with Gasteiger partial charge in [0.05, 0.1) is 5.69 Å². The Morgan fingerprint density at radius 1 is 1.08 bits per heavy atom. The Labute approximate surface area is 147 Å². The van der Waals surface area contributed by atoms with Gasteiger partial charge in [-0.1, -0.05) is 67.2 Å². The Hall–Kier alpha value is -3.14. The maximum atomic E-state index is 11.6. The average Bonchev–Trinajstić information content (AvgIpc) is 3.04. The molecule has 0 aliphatic rings. The van der Waals surface area contributed by atoms with Gasteiger partial charge in [-0.05, 0) is 12.5 Å². The summed E-state index contributed by atoms with van der Waals surface area (Å²) in [5.41, 5.74) is 4.47. The van der Waals surface area contributed by atoms with Gasteiger partial charge in [0.1, 0.15) is 12.4 Å². The van der Waals surface area contributed by atoms with E-state index in [1.165, 1.54) is 5.56 Å². The van der Waals surface area contributed by atoms with Crippen molar-refractivity contribution in [3.05, 3.63) is 89.9 Å². The molecule has 1 N–H and O–H groups in total. The van der Waals surface area contributed by atoms with Crippen LogP contribution >= 0.6 is 0 Å². The number of benzene rings is 2. The fourth-order valence-electron chi connectivity index (χ4n) is 2.55. The van der Waals surface area contributed by atoms with Gasteiger partial charge in [0, 0.05) is 23.3 Å². The van der Waals surface area contributed by atoms with Gasteiger partial charge in [-0.3, -0.25) is 0 Å². The minimum absolute atomic E-state index is 0.0975. The van der Waals surface area contributed by atoms with Crippen LogP contribution in [0.3, 0.4) is 0 Å². The summed E-state index contributed by atoms with van der Waals surface area (Å²) in [6.45, 7) is 5.31. The Morgan fingerprint density at radius 3 is 2.36 bits per heavy atom. The number of ether oxygens (including phenoxy) is 1. The molecule has 25 heavy (non-hydrogen) atoms. The Bertz CT molecular complexity index is 867. The number of nitrogens with zero attached hydrogens (tertiary/aromatic N) is 1. The number of hydrogen-bond acceptors (Lipinski definition) is 3. The molecule has 0 atom stereocenters. The average molecular weight is 332 g/mol. The van der Waals surface area contributed by atoms with Gasteiger partial charge in [0.15, 0.2) is 0 Å². The largest absolute Gasteiger partial charge is 0.454 e. The summed E-state index contributed by atoms with van der Waals surface area (Å²) in [4.78, 5) is 19.6. The van der Waals surface area contributed by atoms with Gasteiger partial charge in [-0.15, -0.1) is 0 Å². The van der Waals surface area contributed by atoms with Crippen molar-refractivity contribution in [2.75, 3.05) is 0 Å². The van der Waals surface area contributed by atoms with Crippen LogP contribution in [-0.4, -0.2) is 15.9 Å². The monoisotopic (exact) mass is 332 g/mol. The first-order valence-corrected chi connectivity index (χ1v) is 8.13. The van der Waals surface area contributed by atoms with E-state index >= 15 is 0 Å². The second-order valence-electron chi connectivity index (χ2n) is 5.90. The van der Waals surface area contributed by atoms with E-state index in [9.17, 15) is 4.79 Å². The SMILES string of the molecule is C=C(C)C(=O)OCc1nc(-c2ccccc2)c(Cc2ccccc2)[nH]1. The predicted molar refractivity (Wildman–Crippen MR) is 97.9 cm³/mol. The van der Waals surface area contributed by atoms with Crippen LogP contribution in [0.1, 0.15) is 24.0 Å². The maximum absolute atomic E-state index is 11.6. The number of carbonyl (C=O) groups is 1. The van der Waals surface area contributed by atoms with Gasteiger partial charge >= 0.3 is 5.97 Å². The third-order valence-electron chi connectivity index (χ3n) is 3.79. The number of carbonyl (C=O) groups excluding carboxylic acids is 1. The Morgan fingerprint density at radius 2 is 1.72 bits per heavy atom. The summed E-state index contributed by atoms with van der Waals surface area (Å²) in [5, 5.41) is 0. The normalized spacial score (nSPS) is 10.4. The fraction of sp³-hybridized carbons (Fsp3) is 0.143. The molecular formula is C21H20N2O2. The first-order valence-electron chi connectivity index (χ1n) is 8.13. The molecular weight excluding hydrogens is 312 g/mol. The van der Waals surface area contributed by atoms with E-state index in [4.69, 9.17) is 4.74 Å². The zero-order valence-corrected chi connectivity index (χ0v) is 14.2. The van der Waals surface area contributed by atoms with Crippen molar-refractivity contribution in [1.82, 2.24) is 9.97 Å². The lowest BCUT2D eigenvalue weighted by Crippen LogP contribution is -2.05. The van der Waals surface area contributed by atoms with E-state index in [2.05, 4.69) is 28.7 Å². The molecule has 126 valence electrons. The lowest BCUT2D eigenvalue weighted by Gasteiger charge is -2.03. The Balaban J connectivity index is 1.88. The molecule has 1 aromatic heterocycles. The van der Waals surface area contributed by atoms with Crippen LogP contribution in [0, 0.1) is 0 Å². The highest BCUT2D eigenvalue weighted by Gasteiger charge is 2.14. The molecule has 0 amide bonds. The van der Waals surface area contributed by atoms with Crippen molar-refractivity contribution in [2.24, 2.45) is 0 Å². The van der Waals surface area contributed by atoms with E-state index in [0.29, 0.717) is 11.4 Å². The summed E-state index contributed by atoms with van der Waals surface area (Å²) in [6, 6.07) is 20.2. The molecule has 0 aliphatic heterocycles. The zero-order chi connectivity index (χ0) is 17.6. The summed E-state index contributed by atoms with van der Waals surface area (Å²) >= 11 is 0. The number of imidazole rings is 1. The number of H-pyrrole nitrogens is 1. The summed E-state index contributed by atoms with van der Waals surface area (Å²) < 4.78 is 5.21. The number of nitrogens with one attached hydrogen (secondary N) is 1. The smallest absolute Gasteiger partial charge is 0.333 e. The highest BCUT2D eigenvalue weighted by Crippen LogP contribution is 2.24. The van der Waals surface area contributed by atoms with Crippen molar-refractivity contribution in [1.29, 1.82) is 0 Å². The lowest BCUT2D eigenvalue weighted by molar-refractivity contribution is -0.140. The number of aromatic nitrogens is 2. The van der Waals surface area contributed by atoms with Crippen LogP contribution in [0.4, 0.5) is 0 Å². The third kappa shape index (κ3) is 4.23. The van der Waals surface area contributed by atoms with Crippen molar-refractivity contribution >= 4 is 5.97 Å². The predicted octanol–water partition coefficient (Wildman–Crippen LogP) is 4.29. The van der Waals surface area contributed by atoms with Crippen LogP contribution in [0.15, 0.2) is 72.8 Å². The van der Waals surface area contributed by atoms with Crippen molar-refractivity contribution in [2.45, 2.75) is 20.0 Å². The van der Waals surface area contributed by atoms with Crippen molar-refractivity contribution in [3.8, 4) is 11.3 Å². The molecule has 0 radical (unpaired) electrons. The van der Waals surface area contributed by atoms with Gasteiger partial charge in [0.2, 0.25) is 0 Å². The fourth-order valence-corrected chi connectivity index (χ4v) is 2.55. The highest BCUT2D eigenvalue weighted by molar-refractivity contribution is 5.86. The van der Waals surface area contributed by atoms with E-state index < -0.39 is 5.97 Å². The number of rotatable bonds is 6. The number of esters is 1. The molecule has 0 bridgehead atoms. The van der Waals surface area contributed by atoms with Gasteiger partial charge in [0.25, 0.3) is 0 Å². The van der Waals surface area contributed by atoms with Gasteiger partial charge in [-0.2, -0.15) is 0 Å². The van der Waals surface area contributed by atoms with Crippen LogP contribution in [0.2, 0.25) is 0 Å². The maximum Gasteiger partial charge on any atom is 0.333 e. The number of aromatic amines is 1. The van der Waals surface area contributed by atoms with Crippen LogP contribution in [0.5, 0.6) is 0 Å². The molecule has 2 aromatic carbocycles. The number of hydrogen-bond donors (Lipinski definition) is 1. The summed E-state index contributed by atoms with van der Waals surface area (Å²) in [7, 11) is 0. The zero-order valence-electron chi connectivity index (χ0n) is 14.2. The quantitative estimate of drug-likeness (QED) is 0.541. The minimum Gasteiger partial charge on any atom is -0.454 e. The van der Waals surface area contributed by atoms with Crippen LogP contribution in [-0.2, 0) is 22.6 Å². The first kappa shape index (κ1) is 16.7. The third-order valence-corrected chi connectivity index (χ3v) is 3.79. The summed E-state index contributed by atoms with van der Waals surface area (Å²) in [6.07, 6.45) is 0.729. The van der Waals surface area contributed by atoms with E-state index in [-0.39, 0.29) is 6.61 Å². The summed E-state index contributed by atoms with van der Waals surface area (Å²) in [5.74, 6) is 0.210. The first-order chi connectivity index (χ1) is 12.1. The molecule has 0 aliphatic carbocycles. The molecule has 1 heterocycles. The molecule has 4 heteroatoms. The van der Waals surface area contributed by atoms with Crippen LogP contribution < -0.4 is 0 Å². The second-order valence-corrected chi connectivity index (χ2v) is 5.90. The molecule has 0 unspecified atom stereocenters. The molecule has 0 saturated heterocycles. The molecule has 0 saturated carbocycles. The molecule has 3 rings (SSSR count). The molecule has 0 spiro atoms. The lowest BCUT2D eigenvalue weighted by atomic mass is 10.0. The van der Waals surface area contributed by atoms with Gasteiger partial charge < -0.3 is 9.72 Å². The van der Waals surface area contributed by atoms with Crippen molar-refractivity contribution in [3.63, 3.8) is 0 Å². The Kier molecular flexibility index (Phi) is 5.09. The second kappa shape index (κ2) is 7.62. The van der Waals surface area contributed by atoms with E-state index in [1.54, 1.807) is 6.92 Å². The molecule has 0 fully saturated rings. The topological polar surface area (TPSA) is 55.0 Å². The van der Waals surface area contributed by atoms with E-state index in [1.807, 2.05) is 48.5 Å². The van der Waals surface area contributed by atoms with Crippen molar-refractivity contribution < 1.29 is 9.53 Å². The van der Waals surface area contributed by atoms with Crippen LogP contribution in [0.25, 0.3) is 11.3 Å². The van der Waals surface area contributed by atoms with Gasteiger partial charge in [-0.25, -0.2) is 9.78 Å². The molecule has 3 aromatic rings. The highest BCUT2D eigenvalue weighted by atomic mass is 16.5. The standard InChI is InChI=1S/C21H20N2O2/c1-15(2)21(24)25-14-19-22-18(13-16-9-5-3-6-10-16)20(23-19)17-11-7-4-8-12-17/h3-12H,1,13-14H2,2H3,(H,22,23). The van der Waals surface area contributed by atoms with E-state index in [0.717, 1.165) is 23.4 Å². The molecule has 4 nitrogen and oxygen atoms in total.